The van der Waals surface area contributed by atoms with Gasteiger partial charge >= 0.3 is 5.97 Å². The Labute approximate surface area is 206 Å². The smallest absolute Gasteiger partial charge is 0.310 e. The molecule has 1 fully saturated rings. The fourth-order valence-corrected chi connectivity index (χ4v) is 4.80. The third-order valence-corrected chi connectivity index (χ3v) is 6.56. The zero-order valence-electron chi connectivity index (χ0n) is 20.6. The van der Waals surface area contributed by atoms with E-state index >= 15 is 0 Å². The normalized spacial score (nSPS) is 20.3. The quantitative estimate of drug-likeness (QED) is 0.538. The Hall–Kier alpha value is -3.39. The SMILES string of the molecule is CCOC(=O)[C@H]1CCCN(CC(=O)N2N=C(c3ccccc3)C[C@H]2c2ccc(OC)cc2OC)C1. The summed E-state index contributed by atoms with van der Waals surface area (Å²) in [4.78, 5) is 27.9. The van der Waals surface area contributed by atoms with Crippen molar-refractivity contribution in [3.63, 3.8) is 0 Å². The molecule has 0 unspecified atom stereocenters. The molecule has 1 saturated heterocycles. The molecule has 8 nitrogen and oxygen atoms in total. The minimum absolute atomic E-state index is 0.108. The monoisotopic (exact) mass is 479 g/mol. The number of hydrogen-bond donors (Lipinski definition) is 0. The van der Waals surface area contributed by atoms with E-state index < -0.39 is 0 Å². The van der Waals surface area contributed by atoms with Crippen LogP contribution in [0.15, 0.2) is 53.6 Å². The first-order chi connectivity index (χ1) is 17.0. The average molecular weight is 480 g/mol. The zero-order valence-corrected chi connectivity index (χ0v) is 20.6. The van der Waals surface area contributed by atoms with E-state index in [1.54, 1.807) is 19.2 Å². The predicted molar refractivity (Wildman–Crippen MR) is 133 cm³/mol. The Morgan fingerprint density at radius 3 is 2.60 bits per heavy atom. The summed E-state index contributed by atoms with van der Waals surface area (Å²) < 4.78 is 16.2. The molecule has 8 heteroatoms. The van der Waals surface area contributed by atoms with Crippen LogP contribution in [0, 0.1) is 5.92 Å². The molecule has 0 spiro atoms. The predicted octanol–water partition coefficient (Wildman–Crippen LogP) is 3.66. The van der Waals surface area contributed by atoms with Crippen LogP contribution in [-0.2, 0) is 14.3 Å². The summed E-state index contributed by atoms with van der Waals surface area (Å²) in [6.45, 7) is 3.65. The highest BCUT2D eigenvalue weighted by molar-refractivity contribution is 6.03. The van der Waals surface area contributed by atoms with Gasteiger partial charge in [0.1, 0.15) is 11.5 Å². The fraction of sp³-hybridized carbons (Fsp3) is 0.444. The largest absolute Gasteiger partial charge is 0.497 e. The van der Waals surface area contributed by atoms with Crippen LogP contribution in [-0.4, -0.2) is 68.0 Å². The van der Waals surface area contributed by atoms with Gasteiger partial charge in [-0.25, -0.2) is 5.01 Å². The summed E-state index contributed by atoms with van der Waals surface area (Å²) in [7, 11) is 3.22. The van der Waals surface area contributed by atoms with Crippen LogP contribution in [0.4, 0.5) is 0 Å². The molecule has 1 amide bonds. The Kier molecular flexibility index (Phi) is 8.02. The van der Waals surface area contributed by atoms with E-state index in [0.29, 0.717) is 31.1 Å². The number of piperidine rings is 1. The number of rotatable bonds is 8. The summed E-state index contributed by atoms with van der Waals surface area (Å²) in [6, 6.07) is 15.2. The van der Waals surface area contributed by atoms with E-state index in [9.17, 15) is 9.59 Å². The molecule has 0 aliphatic carbocycles. The van der Waals surface area contributed by atoms with Gasteiger partial charge in [-0.1, -0.05) is 30.3 Å². The molecular weight excluding hydrogens is 446 g/mol. The van der Waals surface area contributed by atoms with Crippen molar-refractivity contribution in [3.05, 3.63) is 59.7 Å². The van der Waals surface area contributed by atoms with Gasteiger partial charge < -0.3 is 14.2 Å². The van der Waals surface area contributed by atoms with Gasteiger partial charge in [-0.05, 0) is 44.0 Å². The van der Waals surface area contributed by atoms with Crippen LogP contribution in [0.1, 0.15) is 43.4 Å². The number of nitrogens with zero attached hydrogens (tertiary/aromatic N) is 3. The Balaban J connectivity index is 1.58. The minimum Gasteiger partial charge on any atom is -0.497 e. The minimum atomic E-state index is -0.302. The Morgan fingerprint density at radius 1 is 1.09 bits per heavy atom. The maximum absolute atomic E-state index is 13.6. The van der Waals surface area contributed by atoms with Crippen molar-refractivity contribution in [1.82, 2.24) is 9.91 Å². The first-order valence-electron chi connectivity index (χ1n) is 12.1. The summed E-state index contributed by atoms with van der Waals surface area (Å²) in [6.07, 6.45) is 2.21. The number of esters is 1. The van der Waals surface area contributed by atoms with Crippen molar-refractivity contribution in [3.8, 4) is 11.5 Å². The van der Waals surface area contributed by atoms with E-state index in [1.807, 2.05) is 60.4 Å². The molecule has 2 heterocycles. The number of hydrazone groups is 1. The highest BCUT2D eigenvalue weighted by atomic mass is 16.5. The molecule has 2 aromatic carbocycles. The number of likely N-dealkylation sites (tertiary alicyclic amines) is 1. The standard InChI is InChI=1S/C27H33N3O5/c1-4-35-27(32)20-11-8-14-29(17-20)18-26(31)30-24(16-23(28-30)19-9-6-5-7-10-19)22-13-12-21(33-2)15-25(22)34-3/h5-7,9-10,12-13,15,20,24H,4,8,11,14,16-18H2,1-3H3/t20-,24-/m0/s1. The van der Waals surface area contributed by atoms with Gasteiger partial charge in [-0.15, -0.1) is 0 Å². The molecule has 0 saturated carbocycles. The average Bonchev–Trinajstić information content (AvgIpc) is 3.34. The number of carbonyl (C=O) groups is 2. The third kappa shape index (κ3) is 5.65. The lowest BCUT2D eigenvalue weighted by atomic mass is 9.97. The van der Waals surface area contributed by atoms with E-state index in [4.69, 9.17) is 19.3 Å². The van der Waals surface area contributed by atoms with Gasteiger partial charge in [0.05, 0.1) is 45.0 Å². The van der Waals surface area contributed by atoms with Crippen LogP contribution < -0.4 is 9.47 Å². The molecule has 4 rings (SSSR count). The van der Waals surface area contributed by atoms with Gasteiger partial charge in [-0.3, -0.25) is 14.5 Å². The molecule has 35 heavy (non-hydrogen) atoms. The molecule has 0 N–H and O–H groups in total. The Bertz CT molecular complexity index is 1070. The topological polar surface area (TPSA) is 80.7 Å². The lowest BCUT2D eigenvalue weighted by molar-refractivity contribution is -0.150. The van der Waals surface area contributed by atoms with Crippen molar-refractivity contribution in [2.24, 2.45) is 11.0 Å². The van der Waals surface area contributed by atoms with E-state index in [0.717, 1.165) is 36.2 Å². The highest BCUT2D eigenvalue weighted by Gasteiger charge is 2.36. The van der Waals surface area contributed by atoms with Crippen molar-refractivity contribution in [1.29, 1.82) is 0 Å². The fourth-order valence-electron chi connectivity index (χ4n) is 4.80. The van der Waals surface area contributed by atoms with E-state index in [1.165, 1.54) is 0 Å². The van der Waals surface area contributed by atoms with Gasteiger partial charge in [0, 0.05) is 24.6 Å². The molecule has 0 radical (unpaired) electrons. The maximum atomic E-state index is 13.6. The molecule has 186 valence electrons. The van der Waals surface area contributed by atoms with Gasteiger partial charge in [0.2, 0.25) is 0 Å². The second-order valence-electron chi connectivity index (χ2n) is 8.81. The Morgan fingerprint density at radius 2 is 1.89 bits per heavy atom. The first kappa shape index (κ1) is 24.7. The number of carbonyl (C=O) groups excluding carboxylic acids is 2. The van der Waals surface area contributed by atoms with Crippen molar-refractivity contribution in [2.45, 2.75) is 32.2 Å². The summed E-state index contributed by atoms with van der Waals surface area (Å²) in [5, 5.41) is 6.36. The van der Waals surface area contributed by atoms with Gasteiger partial charge in [0.25, 0.3) is 5.91 Å². The molecule has 0 bridgehead atoms. The second kappa shape index (κ2) is 11.4. The third-order valence-electron chi connectivity index (χ3n) is 6.56. The van der Waals surface area contributed by atoms with E-state index in [-0.39, 0.29) is 30.4 Å². The zero-order chi connectivity index (χ0) is 24.8. The van der Waals surface area contributed by atoms with Gasteiger partial charge in [-0.2, -0.15) is 5.10 Å². The van der Waals surface area contributed by atoms with E-state index in [2.05, 4.69) is 0 Å². The van der Waals surface area contributed by atoms with Crippen LogP contribution in [0.2, 0.25) is 0 Å². The lowest BCUT2D eigenvalue weighted by Gasteiger charge is -2.32. The van der Waals surface area contributed by atoms with Crippen LogP contribution in [0.5, 0.6) is 11.5 Å². The molecule has 2 aliphatic heterocycles. The van der Waals surface area contributed by atoms with Crippen molar-refractivity contribution < 1.29 is 23.8 Å². The number of benzene rings is 2. The van der Waals surface area contributed by atoms with Crippen LogP contribution in [0.25, 0.3) is 0 Å². The van der Waals surface area contributed by atoms with Crippen LogP contribution in [0.3, 0.4) is 0 Å². The molecular formula is C27H33N3O5. The molecule has 2 aliphatic rings. The van der Waals surface area contributed by atoms with Gasteiger partial charge in [0.15, 0.2) is 0 Å². The summed E-state index contributed by atoms with van der Waals surface area (Å²) in [5.74, 6) is 0.844. The number of amides is 1. The summed E-state index contributed by atoms with van der Waals surface area (Å²) >= 11 is 0. The number of hydrogen-bond acceptors (Lipinski definition) is 7. The number of ether oxygens (including phenoxy) is 3. The van der Waals surface area contributed by atoms with Crippen molar-refractivity contribution >= 4 is 17.6 Å². The molecule has 2 atom stereocenters. The van der Waals surface area contributed by atoms with Crippen LogP contribution >= 0.6 is 0 Å². The maximum Gasteiger partial charge on any atom is 0.310 e. The first-order valence-corrected chi connectivity index (χ1v) is 12.1. The molecule has 0 aromatic heterocycles. The summed E-state index contributed by atoms with van der Waals surface area (Å²) in [5.41, 5.74) is 2.71. The molecule has 2 aromatic rings. The second-order valence-corrected chi connectivity index (χ2v) is 8.81. The number of methoxy groups -OCH3 is 2. The van der Waals surface area contributed by atoms with Crippen molar-refractivity contribution in [2.75, 3.05) is 40.5 Å². The lowest BCUT2D eigenvalue weighted by Crippen LogP contribution is -2.44. The highest BCUT2D eigenvalue weighted by Crippen LogP contribution is 2.39.